The molecule has 4 rings (SSSR count). The van der Waals surface area contributed by atoms with Crippen LogP contribution in [0.4, 0.5) is 0 Å². The second-order valence-electron chi connectivity index (χ2n) is 5.55. The van der Waals surface area contributed by atoms with Crippen molar-refractivity contribution in [3.63, 3.8) is 0 Å². The number of carbonyl (C=O) groups excluding carboxylic acids is 1. The van der Waals surface area contributed by atoms with Crippen LogP contribution in [-0.2, 0) is 22.6 Å². The highest BCUT2D eigenvalue weighted by atomic mass is 16.5. The molecule has 1 aromatic carbocycles. The molecule has 9 heteroatoms. The third kappa shape index (κ3) is 3.11. The third-order valence-electron chi connectivity index (χ3n) is 3.75. The number of ether oxygens (including phenoxy) is 1. The summed E-state index contributed by atoms with van der Waals surface area (Å²) in [7, 11) is 0. The summed E-state index contributed by atoms with van der Waals surface area (Å²) < 4.78 is 10.7. The Labute approximate surface area is 137 Å². The zero-order valence-electron chi connectivity index (χ0n) is 12.9. The normalized spacial score (nSPS) is 17.4. The second-order valence-corrected chi connectivity index (χ2v) is 5.55. The van der Waals surface area contributed by atoms with Crippen molar-refractivity contribution in [3.8, 4) is 0 Å². The molecule has 9 nitrogen and oxygen atoms in total. The van der Waals surface area contributed by atoms with Gasteiger partial charge < -0.3 is 14.6 Å². The first-order chi connectivity index (χ1) is 11.8. The van der Waals surface area contributed by atoms with Crippen molar-refractivity contribution in [1.29, 1.82) is 0 Å². The number of hydrogen-bond acceptors (Lipinski definition) is 7. The van der Waals surface area contributed by atoms with Gasteiger partial charge in [0.15, 0.2) is 5.82 Å². The number of amides is 1. The summed E-state index contributed by atoms with van der Waals surface area (Å²) in [5, 5.41) is 15.1. The highest BCUT2D eigenvalue weighted by Gasteiger charge is 2.23. The molecule has 0 radical (unpaired) electrons. The molecule has 1 N–H and O–H groups in total. The summed E-state index contributed by atoms with van der Waals surface area (Å²) in [5.41, 5.74) is 1.51. The molecule has 1 atom stereocenters. The number of nitrogens with zero attached hydrogens (tertiary/aromatic N) is 5. The first kappa shape index (κ1) is 14.8. The van der Waals surface area contributed by atoms with Crippen molar-refractivity contribution < 1.29 is 14.1 Å². The van der Waals surface area contributed by atoms with Crippen LogP contribution in [0.1, 0.15) is 30.7 Å². The summed E-state index contributed by atoms with van der Waals surface area (Å²) >= 11 is 0. The topological polar surface area (TPSA) is 108 Å². The Kier molecular flexibility index (Phi) is 3.91. The number of aromatic nitrogens is 5. The molecule has 1 unspecified atom stereocenters. The minimum absolute atomic E-state index is 0.0329. The van der Waals surface area contributed by atoms with Gasteiger partial charge in [0.2, 0.25) is 5.91 Å². The molecule has 0 saturated carbocycles. The highest BCUT2D eigenvalue weighted by molar-refractivity contribution is 5.76. The van der Waals surface area contributed by atoms with E-state index >= 15 is 0 Å². The van der Waals surface area contributed by atoms with Crippen LogP contribution < -0.4 is 5.32 Å². The van der Waals surface area contributed by atoms with Gasteiger partial charge in [-0.3, -0.25) is 4.79 Å². The lowest BCUT2D eigenvalue weighted by Crippen LogP contribution is -2.28. The third-order valence-corrected chi connectivity index (χ3v) is 3.75. The smallest absolute Gasteiger partial charge is 0.255 e. The molecule has 0 bridgehead atoms. The maximum Gasteiger partial charge on any atom is 0.255 e. The molecule has 1 aliphatic heterocycles. The van der Waals surface area contributed by atoms with Gasteiger partial charge >= 0.3 is 0 Å². The molecule has 124 valence electrons. The largest absolute Gasteiger partial charge is 0.368 e. The molecule has 1 amide bonds. The molecule has 2 aromatic heterocycles. The van der Waals surface area contributed by atoms with Gasteiger partial charge in [0.25, 0.3) is 5.89 Å². The van der Waals surface area contributed by atoms with Crippen LogP contribution in [0.2, 0.25) is 0 Å². The van der Waals surface area contributed by atoms with Crippen molar-refractivity contribution in [2.45, 2.75) is 32.0 Å². The Hall–Kier alpha value is -2.81. The lowest BCUT2D eigenvalue weighted by Gasteiger charge is -2.02. The number of carbonyl (C=O) groups is 1. The van der Waals surface area contributed by atoms with Gasteiger partial charge in [-0.05, 0) is 25.0 Å². The van der Waals surface area contributed by atoms with E-state index < -0.39 is 0 Å². The molecule has 24 heavy (non-hydrogen) atoms. The summed E-state index contributed by atoms with van der Waals surface area (Å²) in [4.78, 5) is 17.6. The van der Waals surface area contributed by atoms with Gasteiger partial charge in [0.05, 0.1) is 6.54 Å². The molecule has 0 aliphatic carbocycles. The van der Waals surface area contributed by atoms with E-state index in [4.69, 9.17) is 9.26 Å². The van der Waals surface area contributed by atoms with Crippen LogP contribution in [0.25, 0.3) is 11.0 Å². The minimum atomic E-state index is -0.223. The quantitative estimate of drug-likeness (QED) is 0.743. The Bertz CT molecular complexity index is 819. The zero-order chi connectivity index (χ0) is 16.4. The Morgan fingerprint density at radius 1 is 1.29 bits per heavy atom. The number of benzene rings is 1. The van der Waals surface area contributed by atoms with E-state index in [1.807, 2.05) is 24.3 Å². The van der Waals surface area contributed by atoms with Crippen LogP contribution in [0.5, 0.6) is 0 Å². The van der Waals surface area contributed by atoms with Gasteiger partial charge in [0.1, 0.15) is 23.7 Å². The minimum Gasteiger partial charge on any atom is -0.368 e. The van der Waals surface area contributed by atoms with Gasteiger partial charge in [-0.25, -0.2) is 0 Å². The Morgan fingerprint density at radius 2 is 2.08 bits per heavy atom. The summed E-state index contributed by atoms with van der Waals surface area (Å²) in [6, 6.07) is 7.46. The van der Waals surface area contributed by atoms with Crippen LogP contribution >= 0.6 is 0 Å². The molecule has 3 aromatic rings. The van der Waals surface area contributed by atoms with E-state index in [0.717, 1.165) is 23.9 Å². The van der Waals surface area contributed by atoms with E-state index in [1.54, 1.807) is 0 Å². The first-order valence-electron chi connectivity index (χ1n) is 7.78. The predicted molar refractivity (Wildman–Crippen MR) is 81.6 cm³/mol. The SMILES string of the molecule is O=C(Cn1nc2ccccc2n1)NCc1noc(C2CCCO2)n1. The lowest BCUT2D eigenvalue weighted by atomic mass is 10.2. The second kappa shape index (κ2) is 6.36. The average Bonchev–Trinajstić information content (AvgIpc) is 3.31. The van der Waals surface area contributed by atoms with Gasteiger partial charge in [-0.15, -0.1) is 0 Å². The molecular weight excluding hydrogens is 312 g/mol. The van der Waals surface area contributed by atoms with Crippen LogP contribution in [0.3, 0.4) is 0 Å². The van der Waals surface area contributed by atoms with Crippen molar-refractivity contribution in [1.82, 2.24) is 30.5 Å². The van der Waals surface area contributed by atoms with Crippen molar-refractivity contribution >= 4 is 16.9 Å². The van der Waals surface area contributed by atoms with E-state index in [-0.39, 0.29) is 25.1 Å². The number of fused-ring (bicyclic) bond motifs is 1. The molecular formula is C15H16N6O3. The van der Waals surface area contributed by atoms with Crippen molar-refractivity contribution in [2.24, 2.45) is 0 Å². The molecule has 1 aliphatic rings. The fraction of sp³-hybridized carbons (Fsp3) is 0.400. The standard InChI is InChI=1S/C15H16N6O3/c22-14(9-21-18-10-4-1-2-5-11(10)19-21)16-8-13-17-15(24-20-13)12-6-3-7-23-12/h1-2,4-5,12H,3,6-9H2,(H,16,22). The summed E-state index contributed by atoms with van der Waals surface area (Å²) in [6.07, 6.45) is 1.75. The average molecular weight is 328 g/mol. The van der Waals surface area contributed by atoms with E-state index in [2.05, 4.69) is 25.7 Å². The van der Waals surface area contributed by atoms with Gasteiger partial charge in [0, 0.05) is 6.61 Å². The maximum absolute atomic E-state index is 12.0. The summed E-state index contributed by atoms with van der Waals surface area (Å²) in [6.45, 7) is 0.936. The molecule has 0 spiro atoms. The number of rotatable bonds is 5. The first-order valence-corrected chi connectivity index (χ1v) is 7.78. The number of nitrogens with one attached hydrogen (secondary N) is 1. The van der Waals surface area contributed by atoms with E-state index in [1.165, 1.54) is 4.80 Å². The zero-order valence-corrected chi connectivity index (χ0v) is 12.9. The van der Waals surface area contributed by atoms with Crippen LogP contribution in [0.15, 0.2) is 28.8 Å². The predicted octanol–water partition coefficient (Wildman–Crippen LogP) is 0.982. The Morgan fingerprint density at radius 3 is 2.79 bits per heavy atom. The molecule has 3 heterocycles. The van der Waals surface area contributed by atoms with Crippen LogP contribution in [0, 0.1) is 0 Å². The molecule has 1 fully saturated rings. The fourth-order valence-electron chi connectivity index (χ4n) is 2.58. The van der Waals surface area contributed by atoms with E-state index in [0.29, 0.717) is 18.3 Å². The number of hydrogen-bond donors (Lipinski definition) is 1. The van der Waals surface area contributed by atoms with Crippen molar-refractivity contribution in [3.05, 3.63) is 36.0 Å². The lowest BCUT2D eigenvalue weighted by molar-refractivity contribution is -0.122. The van der Waals surface area contributed by atoms with Gasteiger partial charge in [-0.2, -0.15) is 20.0 Å². The van der Waals surface area contributed by atoms with Gasteiger partial charge in [-0.1, -0.05) is 17.3 Å². The van der Waals surface area contributed by atoms with Crippen molar-refractivity contribution in [2.75, 3.05) is 6.61 Å². The monoisotopic (exact) mass is 328 g/mol. The van der Waals surface area contributed by atoms with Crippen LogP contribution in [-0.4, -0.2) is 37.6 Å². The maximum atomic E-state index is 12.0. The summed E-state index contributed by atoms with van der Waals surface area (Å²) in [5.74, 6) is 0.669. The highest BCUT2D eigenvalue weighted by Crippen LogP contribution is 2.26. The van der Waals surface area contributed by atoms with E-state index in [9.17, 15) is 4.79 Å². The molecule has 1 saturated heterocycles. The Balaban J connectivity index is 1.33. The fourth-order valence-corrected chi connectivity index (χ4v) is 2.58.